The molecule has 0 spiro atoms. The Hall–Kier alpha value is -0.700. The maximum atomic E-state index is 10.5. The van der Waals surface area contributed by atoms with Crippen LogP contribution in [0.3, 0.4) is 0 Å². The van der Waals surface area contributed by atoms with E-state index >= 15 is 0 Å². The molecule has 0 aliphatic carbocycles. The Labute approximate surface area is 52.0 Å². The predicted octanol–water partition coefficient (Wildman–Crippen LogP) is 0.0432. The van der Waals surface area contributed by atoms with Gasteiger partial charge in [0.25, 0.3) is 5.91 Å². The fourth-order valence-electron chi connectivity index (χ4n) is 0.423. The number of hydrogen-bond donors (Lipinski definition) is 1. The summed E-state index contributed by atoms with van der Waals surface area (Å²) in [5.41, 5.74) is 0. The van der Waals surface area contributed by atoms with Gasteiger partial charge in [0.15, 0.2) is 0 Å². The topological polar surface area (TPSA) is 32.3 Å². The first-order valence-electron chi connectivity index (χ1n) is 2.18. The highest BCUT2D eigenvalue weighted by atomic mass is 35.5. The van der Waals surface area contributed by atoms with Gasteiger partial charge in [-0.1, -0.05) is 0 Å². The van der Waals surface area contributed by atoms with Crippen LogP contribution in [0.25, 0.3) is 0 Å². The standard InChI is InChI=1S/C4H5ClN2O/c5-7-2-1-6-3-4(7)8/h1-2,6H,3H2. The lowest BCUT2D eigenvalue weighted by Crippen LogP contribution is -2.31. The van der Waals surface area contributed by atoms with Gasteiger partial charge in [-0.05, 0) is 0 Å². The van der Waals surface area contributed by atoms with Gasteiger partial charge in [0.1, 0.15) is 0 Å². The molecule has 1 N–H and O–H groups in total. The zero-order valence-corrected chi connectivity index (χ0v) is 4.85. The number of rotatable bonds is 0. The fraction of sp³-hybridized carbons (Fsp3) is 0.250. The molecule has 0 unspecified atom stereocenters. The molecule has 1 rings (SSSR count). The average Bonchev–Trinajstić information content (AvgIpc) is 1.77. The highest BCUT2D eigenvalue weighted by molar-refractivity contribution is 6.22. The zero-order valence-electron chi connectivity index (χ0n) is 4.10. The first kappa shape index (κ1) is 5.44. The molecule has 0 radical (unpaired) electrons. The van der Waals surface area contributed by atoms with Crippen LogP contribution >= 0.6 is 11.8 Å². The Bertz CT molecular complexity index is 134. The van der Waals surface area contributed by atoms with Crippen LogP contribution in [0.15, 0.2) is 12.4 Å². The van der Waals surface area contributed by atoms with E-state index in [9.17, 15) is 4.79 Å². The molecule has 3 nitrogen and oxygen atoms in total. The number of carbonyl (C=O) groups is 1. The first-order chi connectivity index (χ1) is 3.80. The summed E-state index contributed by atoms with van der Waals surface area (Å²) in [5, 5.41) is 2.71. The van der Waals surface area contributed by atoms with Gasteiger partial charge in [-0.25, -0.2) is 4.42 Å². The molecule has 0 saturated heterocycles. The Morgan fingerprint density at radius 3 is 3.00 bits per heavy atom. The van der Waals surface area contributed by atoms with Crippen molar-refractivity contribution in [2.75, 3.05) is 6.54 Å². The van der Waals surface area contributed by atoms with Gasteiger partial charge in [0.05, 0.1) is 6.54 Å². The van der Waals surface area contributed by atoms with Crippen molar-refractivity contribution in [3.8, 4) is 0 Å². The van der Waals surface area contributed by atoms with Gasteiger partial charge < -0.3 is 5.32 Å². The third-order valence-corrected chi connectivity index (χ3v) is 1.12. The van der Waals surface area contributed by atoms with E-state index in [4.69, 9.17) is 11.8 Å². The van der Waals surface area contributed by atoms with Crippen LogP contribution in [0.2, 0.25) is 0 Å². The quantitative estimate of drug-likeness (QED) is 0.472. The summed E-state index contributed by atoms with van der Waals surface area (Å²) in [4.78, 5) is 10.5. The van der Waals surface area contributed by atoms with E-state index < -0.39 is 0 Å². The highest BCUT2D eigenvalue weighted by Gasteiger charge is 2.08. The van der Waals surface area contributed by atoms with E-state index in [1.165, 1.54) is 6.20 Å². The summed E-state index contributed by atoms with van der Waals surface area (Å²) in [6.07, 6.45) is 3.09. The minimum absolute atomic E-state index is 0.130. The van der Waals surface area contributed by atoms with Crippen LogP contribution in [0.5, 0.6) is 0 Å². The number of nitrogens with zero attached hydrogens (tertiary/aromatic N) is 1. The number of amides is 1. The van der Waals surface area contributed by atoms with Crippen molar-refractivity contribution >= 4 is 17.7 Å². The van der Waals surface area contributed by atoms with Gasteiger partial charge in [-0.15, -0.1) is 0 Å². The Balaban J connectivity index is 2.60. The van der Waals surface area contributed by atoms with E-state index in [0.29, 0.717) is 6.54 Å². The molecule has 1 aliphatic heterocycles. The third kappa shape index (κ3) is 0.924. The molecule has 0 bridgehead atoms. The van der Waals surface area contributed by atoms with Crippen LogP contribution in [-0.2, 0) is 4.79 Å². The Morgan fingerprint density at radius 2 is 2.62 bits per heavy atom. The van der Waals surface area contributed by atoms with Crippen molar-refractivity contribution < 1.29 is 4.79 Å². The van der Waals surface area contributed by atoms with E-state index in [-0.39, 0.29) is 5.91 Å². The molecule has 0 fully saturated rings. The van der Waals surface area contributed by atoms with Gasteiger partial charge in [-0.3, -0.25) is 4.79 Å². The van der Waals surface area contributed by atoms with Gasteiger partial charge in [0, 0.05) is 24.2 Å². The van der Waals surface area contributed by atoms with E-state index in [0.717, 1.165) is 4.42 Å². The van der Waals surface area contributed by atoms with Crippen molar-refractivity contribution in [1.29, 1.82) is 0 Å². The molecule has 1 aliphatic rings. The predicted molar refractivity (Wildman–Crippen MR) is 29.8 cm³/mol. The van der Waals surface area contributed by atoms with Crippen LogP contribution in [0.1, 0.15) is 0 Å². The average molecular weight is 133 g/mol. The van der Waals surface area contributed by atoms with E-state index in [1.54, 1.807) is 6.20 Å². The Morgan fingerprint density at radius 1 is 1.88 bits per heavy atom. The molecular formula is C4H5ClN2O. The first-order valence-corrected chi connectivity index (χ1v) is 2.52. The van der Waals surface area contributed by atoms with Crippen LogP contribution in [-0.4, -0.2) is 16.9 Å². The summed E-state index contributed by atoms with van der Waals surface area (Å²) in [6, 6.07) is 0. The molecule has 1 amide bonds. The van der Waals surface area contributed by atoms with Gasteiger partial charge in [0.2, 0.25) is 0 Å². The molecule has 0 aromatic carbocycles. The number of hydrogen-bond acceptors (Lipinski definition) is 2. The summed E-state index contributed by atoms with van der Waals surface area (Å²) < 4.78 is 1.02. The normalized spacial score (nSPS) is 18.6. The van der Waals surface area contributed by atoms with Crippen LogP contribution < -0.4 is 5.32 Å². The molecule has 0 saturated carbocycles. The summed E-state index contributed by atoms with van der Waals surface area (Å²) >= 11 is 5.32. The number of nitrogens with one attached hydrogen (secondary N) is 1. The minimum Gasteiger partial charge on any atom is -0.381 e. The molecule has 44 valence electrons. The summed E-state index contributed by atoms with van der Waals surface area (Å²) in [7, 11) is 0. The van der Waals surface area contributed by atoms with Gasteiger partial charge >= 0.3 is 0 Å². The minimum atomic E-state index is -0.130. The highest BCUT2D eigenvalue weighted by Crippen LogP contribution is 1.97. The Kier molecular flexibility index (Phi) is 1.39. The monoisotopic (exact) mass is 132 g/mol. The van der Waals surface area contributed by atoms with Gasteiger partial charge in [-0.2, -0.15) is 0 Å². The molecule has 8 heavy (non-hydrogen) atoms. The zero-order chi connectivity index (χ0) is 5.98. The molecular weight excluding hydrogens is 128 g/mol. The smallest absolute Gasteiger partial charge is 0.260 e. The van der Waals surface area contributed by atoms with E-state index in [1.807, 2.05) is 0 Å². The number of carbonyl (C=O) groups excluding carboxylic acids is 1. The molecule has 4 heteroatoms. The van der Waals surface area contributed by atoms with Crippen LogP contribution in [0, 0.1) is 0 Å². The third-order valence-electron chi connectivity index (χ3n) is 0.815. The van der Waals surface area contributed by atoms with Crippen molar-refractivity contribution in [2.24, 2.45) is 0 Å². The summed E-state index contributed by atoms with van der Waals surface area (Å²) in [6.45, 7) is 0.292. The van der Waals surface area contributed by atoms with Crippen molar-refractivity contribution in [2.45, 2.75) is 0 Å². The molecule has 0 atom stereocenters. The maximum absolute atomic E-state index is 10.5. The largest absolute Gasteiger partial charge is 0.381 e. The second-order valence-corrected chi connectivity index (χ2v) is 1.77. The second kappa shape index (κ2) is 2.05. The lowest BCUT2D eigenvalue weighted by molar-refractivity contribution is -0.124. The number of halogens is 1. The fourth-order valence-corrected chi connectivity index (χ4v) is 0.539. The van der Waals surface area contributed by atoms with E-state index in [2.05, 4.69) is 5.32 Å². The van der Waals surface area contributed by atoms with Crippen molar-refractivity contribution in [3.05, 3.63) is 12.4 Å². The molecule has 0 aromatic rings. The molecule has 0 aromatic heterocycles. The lowest BCUT2D eigenvalue weighted by Gasteiger charge is -2.12. The molecule has 1 heterocycles. The second-order valence-electron chi connectivity index (χ2n) is 1.40. The maximum Gasteiger partial charge on any atom is 0.260 e. The SMILES string of the molecule is O=C1CNC=CN1Cl. The van der Waals surface area contributed by atoms with Crippen molar-refractivity contribution in [3.63, 3.8) is 0 Å². The van der Waals surface area contributed by atoms with Crippen molar-refractivity contribution in [1.82, 2.24) is 9.74 Å². The van der Waals surface area contributed by atoms with Crippen LogP contribution in [0.4, 0.5) is 0 Å². The lowest BCUT2D eigenvalue weighted by atomic mass is 10.5. The summed E-state index contributed by atoms with van der Waals surface area (Å²) in [5.74, 6) is -0.130.